The number of benzene rings is 2. The second kappa shape index (κ2) is 5.39. The zero-order valence-electron chi connectivity index (χ0n) is 9.76. The first-order valence-corrected chi connectivity index (χ1v) is 6.46. The van der Waals surface area contributed by atoms with Crippen molar-refractivity contribution in [2.75, 3.05) is 0 Å². The summed E-state index contributed by atoms with van der Waals surface area (Å²) in [5.74, 6) is 0.0510. The second-order valence-corrected chi connectivity index (χ2v) is 5.10. The van der Waals surface area contributed by atoms with Gasteiger partial charge in [0.1, 0.15) is 11.5 Å². The van der Waals surface area contributed by atoms with Crippen molar-refractivity contribution in [1.29, 1.82) is 0 Å². The Balaban J connectivity index is 2.27. The van der Waals surface area contributed by atoms with E-state index in [1.165, 1.54) is 17.7 Å². The van der Waals surface area contributed by atoms with E-state index in [2.05, 4.69) is 27.6 Å². The summed E-state index contributed by atoms with van der Waals surface area (Å²) in [6, 6.07) is 10.3. The lowest BCUT2D eigenvalue weighted by molar-refractivity contribution is 0.450. The Labute approximate surface area is 119 Å². The van der Waals surface area contributed by atoms with Crippen LogP contribution in [0.15, 0.2) is 41.4 Å². The maximum atomic E-state index is 9.62. The predicted molar refractivity (Wildman–Crippen MR) is 80.9 cm³/mol. The van der Waals surface area contributed by atoms with Crippen LogP contribution in [0.3, 0.4) is 0 Å². The molecular weight excluding hydrogens is 341 g/mol. The van der Waals surface area contributed by atoms with Crippen molar-refractivity contribution in [1.82, 2.24) is 0 Å². The van der Waals surface area contributed by atoms with Crippen LogP contribution in [0.25, 0.3) is 0 Å². The summed E-state index contributed by atoms with van der Waals surface area (Å²) in [5.41, 5.74) is 2.61. The lowest BCUT2D eigenvalue weighted by Crippen LogP contribution is -1.82. The average molecular weight is 353 g/mol. The summed E-state index contributed by atoms with van der Waals surface area (Å²) in [4.78, 5) is 4.30. The van der Waals surface area contributed by atoms with Crippen LogP contribution < -0.4 is 0 Å². The highest BCUT2D eigenvalue weighted by molar-refractivity contribution is 14.1. The third kappa shape index (κ3) is 3.01. The van der Waals surface area contributed by atoms with Gasteiger partial charge in [-0.05, 0) is 59.3 Å². The highest BCUT2D eigenvalue weighted by atomic mass is 127. The Morgan fingerprint density at radius 1 is 1.11 bits per heavy atom. The molecule has 0 atom stereocenters. The van der Waals surface area contributed by atoms with Gasteiger partial charge in [-0.15, -0.1) is 0 Å². The topological polar surface area (TPSA) is 52.8 Å². The smallest absolute Gasteiger partial charge is 0.128 e. The molecule has 0 amide bonds. The van der Waals surface area contributed by atoms with Gasteiger partial charge in [-0.1, -0.05) is 6.07 Å². The Kier molecular flexibility index (Phi) is 3.86. The molecule has 0 unspecified atom stereocenters. The molecule has 0 aromatic heterocycles. The van der Waals surface area contributed by atoms with Crippen molar-refractivity contribution < 1.29 is 10.2 Å². The Hall–Kier alpha value is -1.56. The van der Waals surface area contributed by atoms with E-state index in [9.17, 15) is 10.2 Å². The molecule has 0 aliphatic carbocycles. The summed E-state index contributed by atoms with van der Waals surface area (Å²) in [5, 5.41) is 18.8. The van der Waals surface area contributed by atoms with Gasteiger partial charge in [0.2, 0.25) is 0 Å². The van der Waals surface area contributed by atoms with Crippen molar-refractivity contribution >= 4 is 34.5 Å². The third-order valence-corrected chi connectivity index (χ3v) is 3.68. The molecule has 4 heteroatoms. The standard InChI is InChI=1S/C14H12INO2/c1-9-2-4-11(6-13(9)15)16-8-10-3-5-12(17)7-14(10)18/h2-8,17-18H,1H3. The molecule has 0 fully saturated rings. The summed E-state index contributed by atoms with van der Waals surface area (Å²) in [7, 11) is 0. The molecule has 3 nitrogen and oxygen atoms in total. The molecule has 0 radical (unpaired) electrons. The van der Waals surface area contributed by atoms with Gasteiger partial charge in [0.25, 0.3) is 0 Å². The molecule has 2 aromatic rings. The van der Waals surface area contributed by atoms with Gasteiger partial charge in [0.15, 0.2) is 0 Å². The normalized spacial score (nSPS) is 11.0. The molecule has 0 heterocycles. The summed E-state index contributed by atoms with van der Waals surface area (Å²) in [6.07, 6.45) is 1.58. The van der Waals surface area contributed by atoms with Gasteiger partial charge < -0.3 is 10.2 Å². The number of hydrogen-bond donors (Lipinski definition) is 2. The van der Waals surface area contributed by atoms with Crippen LogP contribution in [0.2, 0.25) is 0 Å². The molecule has 2 N–H and O–H groups in total. The van der Waals surface area contributed by atoms with Crippen LogP contribution in [-0.2, 0) is 0 Å². The monoisotopic (exact) mass is 353 g/mol. The first-order valence-electron chi connectivity index (χ1n) is 5.38. The number of halogens is 1. The van der Waals surface area contributed by atoms with Gasteiger partial charge in [-0.3, -0.25) is 4.99 Å². The van der Waals surface area contributed by atoms with Gasteiger partial charge >= 0.3 is 0 Å². The first kappa shape index (κ1) is 12.9. The maximum absolute atomic E-state index is 9.62. The van der Waals surface area contributed by atoms with Crippen LogP contribution in [0.4, 0.5) is 5.69 Å². The molecule has 0 aliphatic rings. The molecule has 2 rings (SSSR count). The molecule has 0 bridgehead atoms. The fraction of sp³-hybridized carbons (Fsp3) is 0.0714. The van der Waals surface area contributed by atoms with Gasteiger partial charge in [0.05, 0.1) is 5.69 Å². The van der Waals surface area contributed by atoms with Crippen LogP contribution in [-0.4, -0.2) is 16.4 Å². The molecule has 0 spiro atoms. The quantitative estimate of drug-likeness (QED) is 0.638. The highest BCUT2D eigenvalue weighted by Crippen LogP contribution is 2.23. The summed E-state index contributed by atoms with van der Waals surface area (Å²) in [6.45, 7) is 2.04. The van der Waals surface area contributed by atoms with E-state index in [-0.39, 0.29) is 11.5 Å². The van der Waals surface area contributed by atoms with Crippen LogP contribution in [0.1, 0.15) is 11.1 Å². The second-order valence-electron chi connectivity index (χ2n) is 3.93. The summed E-state index contributed by atoms with van der Waals surface area (Å²) >= 11 is 2.26. The third-order valence-electron chi connectivity index (χ3n) is 2.52. The number of phenolic OH excluding ortho intramolecular Hbond substituents is 2. The minimum absolute atomic E-state index is 0.0144. The van der Waals surface area contributed by atoms with Gasteiger partial charge in [-0.25, -0.2) is 0 Å². The van der Waals surface area contributed by atoms with E-state index < -0.39 is 0 Å². The zero-order chi connectivity index (χ0) is 13.1. The van der Waals surface area contributed by atoms with E-state index in [0.717, 1.165) is 9.26 Å². The van der Waals surface area contributed by atoms with Crippen molar-refractivity contribution in [2.24, 2.45) is 4.99 Å². The van der Waals surface area contributed by atoms with Crippen LogP contribution >= 0.6 is 22.6 Å². The van der Waals surface area contributed by atoms with E-state index in [4.69, 9.17) is 0 Å². The number of aliphatic imine (C=N–C) groups is 1. The van der Waals surface area contributed by atoms with Crippen molar-refractivity contribution in [2.45, 2.75) is 6.92 Å². The average Bonchev–Trinajstić information content (AvgIpc) is 2.32. The minimum atomic E-state index is 0.0144. The molecule has 92 valence electrons. The molecule has 2 aromatic carbocycles. The van der Waals surface area contributed by atoms with Crippen molar-refractivity contribution in [3.63, 3.8) is 0 Å². The van der Waals surface area contributed by atoms with E-state index in [1.807, 2.05) is 25.1 Å². The molecule has 0 aliphatic heterocycles. The Morgan fingerprint density at radius 2 is 1.89 bits per heavy atom. The fourth-order valence-corrected chi connectivity index (χ4v) is 1.95. The number of nitrogens with zero attached hydrogens (tertiary/aromatic N) is 1. The maximum Gasteiger partial charge on any atom is 0.128 e. The lowest BCUT2D eigenvalue weighted by atomic mass is 10.2. The fourth-order valence-electron chi connectivity index (χ4n) is 1.45. The lowest BCUT2D eigenvalue weighted by Gasteiger charge is -2.01. The Morgan fingerprint density at radius 3 is 2.56 bits per heavy atom. The van der Waals surface area contributed by atoms with Gasteiger partial charge in [-0.2, -0.15) is 0 Å². The number of phenols is 2. The van der Waals surface area contributed by atoms with Gasteiger partial charge in [0, 0.05) is 21.4 Å². The van der Waals surface area contributed by atoms with Crippen molar-refractivity contribution in [3.05, 3.63) is 51.1 Å². The van der Waals surface area contributed by atoms with Crippen molar-refractivity contribution in [3.8, 4) is 11.5 Å². The van der Waals surface area contributed by atoms with E-state index in [0.29, 0.717) is 5.56 Å². The largest absolute Gasteiger partial charge is 0.508 e. The zero-order valence-corrected chi connectivity index (χ0v) is 11.9. The number of rotatable bonds is 2. The molecule has 18 heavy (non-hydrogen) atoms. The van der Waals surface area contributed by atoms with Crippen LogP contribution in [0.5, 0.6) is 11.5 Å². The molecule has 0 saturated carbocycles. The summed E-state index contributed by atoms with van der Waals surface area (Å²) < 4.78 is 1.15. The van der Waals surface area contributed by atoms with Crippen LogP contribution in [0, 0.1) is 10.5 Å². The number of aromatic hydroxyl groups is 2. The number of hydrogen-bond acceptors (Lipinski definition) is 3. The van der Waals surface area contributed by atoms with E-state index in [1.54, 1.807) is 12.3 Å². The highest BCUT2D eigenvalue weighted by Gasteiger charge is 2.00. The molecular formula is C14H12INO2. The molecule has 0 saturated heterocycles. The Bertz CT molecular complexity index is 609. The van der Waals surface area contributed by atoms with E-state index >= 15 is 0 Å². The number of aryl methyl sites for hydroxylation is 1. The predicted octanol–water partition coefficient (Wildman–Crippen LogP) is 3.76. The SMILES string of the molecule is Cc1ccc(N=Cc2ccc(O)cc2O)cc1I. The minimum Gasteiger partial charge on any atom is -0.508 e. The first-order chi connectivity index (χ1) is 8.56.